The van der Waals surface area contributed by atoms with Gasteiger partial charge in [0.1, 0.15) is 6.61 Å². The standard InChI is InChI=1S/C27H30N2O5/c30-24(28-16-27(25(31)32)13-6-14-27)21-11-5-12-23(21)29-26(33)34-15-22-19-9-3-1-7-17(19)18-8-2-4-10-20(18)22/h1-4,7-10,21-23H,5-6,11-16H2,(H,28,30)(H,29,33)(H,31,32)/t21-,23+/m1/s1. The van der Waals surface area contributed by atoms with Crippen LogP contribution in [0.3, 0.4) is 0 Å². The molecule has 0 saturated heterocycles. The van der Waals surface area contributed by atoms with Crippen molar-refractivity contribution in [3.63, 3.8) is 0 Å². The Morgan fingerprint density at radius 1 is 0.941 bits per heavy atom. The Morgan fingerprint density at radius 2 is 1.59 bits per heavy atom. The molecule has 7 nitrogen and oxygen atoms in total. The predicted molar refractivity (Wildman–Crippen MR) is 126 cm³/mol. The van der Waals surface area contributed by atoms with Gasteiger partial charge >= 0.3 is 12.1 Å². The summed E-state index contributed by atoms with van der Waals surface area (Å²) >= 11 is 0. The number of benzene rings is 2. The second-order valence-electron chi connectivity index (χ2n) is 9.77. The van der Waals surface area contributed by atoms with Crippen molar-refractivity contribution in [2.45, 2.75) is 50.5 Å². The van der Waals surface area contributed by atoms with Gasteiger partial charge in [0.15, 0.2) is 0 Å². The van der Waals surface area contributed by atoms with E-state index in [1.54, 1.807) is 0 Å². The number of carbonyl (C=O) groups excluding carboxylic acids is 2. The molecule has 0 aliphatic heterocycles. The van der Waals surface area contributed by atoms with Crippen LogP contribution in [0.2, 0.25) is 0 Å². The Morgan fingerprint density at radius 3 is 2.18 bits per heavy atom. The highest BCUT2D eigenvalue weighted by atomic mass is 16.5. The normalized spacial score (nSPS) is 22.2. The fourth-order valence-electron chi connectivity index (χ4n) is 5.70. The zero-order valence-corrected chi connectivity index (χ0v) is 19.1. The molecule has 2 atom stereocenters. The van der Waals surface area contributed by atoms with Gasteiger partial charge in [-0.3, -0.25) is 9.59 Å². The SMILES string of the molecule is O=C(N[C@H]1CCC[C@H]1C(=O)NCC1(C(=O)O)CCC1)OCC1c2ccccc2-c2ccccc21. The molecule has 5 rings (SSSR count). The molecule has 2 aromatic rings. The van der Waals surface area contributed by atoms with Gasteiger partial charge in [-0.05, 0) is 47.9 Å². The van der Waals surface area contributed by atoms with Crippen molar-refractivity contribution in [2.75, 3.05) is 13.2 Å². The Balaban J connectivity index is 1.17. The molecule has 34 heavy (non-hydrogen) atoms. The summed E-state index contributed by atoms with van der Waals surface area (Å²) in [5.74, 6) is -1.42. The van der Waals surface area contributed by atoms with Gasteiger partial charge < -0.3 is 20.5 Å². The molecule has 2 saturated carbocycles. The van der Waals surface area contributed by atoms with Crippen molar-refractivity contribution >= 4 is 18.0 Å². The number of ether oxygens (including phenoxy) is 1. The minimum Gasteiger partial charge on any atom is -0.481 e. The van der Waals surface area contributed by atoms with E-state index in [1.165, 1.54) is 11.1 Å². The second kappa shape index (κ2) is 9.12. The van der Waals surface area contributed by atoms with Crippen LogP contribution >= 0.6 is 0 Å². The largest absolute Gasteiger partial charge is 0.481 e. The summed E-state index contributed by atoms with van der Waals surface area (Å²) in [6, 6.07) is 16.0. The summed E-state index contributed by atoms with van der Waals surface area (Å²) in [5.41, 5.74) is 3.82. The van der Waals surface area contributed by atoms with Crippen LogP contribution in [0.5, 0.6) is 0 Å². The van der Waals surface area contributed by atoms with E-state index >= 15 is 0 Å². The first-order valence-corrected chi connectivity index (χ1v) is 12.1. The zero-order valence-electron chi connectivity index (χ0n) is 19.1. The summed E-state index contributed by atoms with van der Waals surface area (Å²) in [5, 5.41) is 15.2. The van der Waals surface area contributed by atoms with Crippen LogP contribution in [0.25, 0.3) is 11.1 Å². The summed E-state index contributed by atoms with van der Waals surface area (Å²) in [4.78, 5) is 37.0. The van der Waals surface area contributed by atoms with Crippen LogP contribution in [0.4, 0.5) is 4.79 Å². The summed E-state index contributed by atoms with van der Waals surface area (Å²) in [6.07, 6.45) is 3.73. The van der Waals surface area contributed by atoms with E-state index in [1.807, 2.05) is 24.3 Å². The third-order valence-electron chi connectivity index (χ3n) is 7.86. The lowest BCUT2D eigenvalue weighted by molar-refractivity contribution is -0.154. The van der Waals surface area contributed by atoms with Crippen LogP contribution in [0, 0.1) is 11.3 Å². The molecule has 0 bridgehead atoms. The number of hydrogen-bond acceptors (Lipinski definition) is 4. The first-order valence-electron chi connectivity index (χ1n) is 12.1. The summed E-state index contributed by atoms with van der Waals surface area (Å²) in [7, 11) is 0. The Kier molecular flexibility index (Phi) is 6.02. The third kappa shape index (κ3) is 4.04. The molecule has 2 amide bonds. The minimum atomic E-state index is -0.848. The van der Waals surface area contributed by atoms with E-state index in [9.17, 15) is 19.5 Å². The highest BCUT2D eigenvalue weighted by Gasteiger charge is 2.45. The van der Waals surface area contributed by atoms with Crippen molar-refractivity contribution in [3.8, 4) is 11.1 Å². The average Bonchev–Trinajstić information content (AvgIpc) is 3.39. The first kappa shape index (κ1) is 22.4. The number of carbonyl (C=O) groups is 3. The summed E-state index contributed by atoms with van der Waals surface area (Å²) < 4.78 is 5.64. The van der Waals surface area contributed by atoms with Gasteiger partial charge in [0, 0.05) is 18.5 Å². The topological polar surface area (TPSA) is 105 Å². The van der Waals surface area contributed by atoms with E-state index in [-0.39, 0.29) is 36.9 Å². The number of aliphatic carboxylic acids is 1. The molecule has 0 aromatic heterocycles. The fraction of sp³-hybridized carbons (Fsp3) is 0.444. The Hall–Kier alpha value is -3.35. The van der Waals surface area contributed by atoms with Gasteiger partial charge in [0.05, 0.1) is 11.3 Å². The number of alkyl carbamates (subject to hydrolysis) is 1. The van der Waals surface area contributed by atoms with Crippen molar-refractivity contribution in [1.29, 1.82) is 0 Å². The van der Waals surface area contributed by atoms with E-state index in [0.717, 1.165) is 24.0 Å². The molecular formula is C27H30N2O5. The highest BCUT2D eigenvalue weighted by molar-refractivity contribution is 5.83. The second-order valence-corrected chi connectivity index (χ2v) is 9.77. The van der Waals surface area contributed by atoms with Crippen LogP contribution in [0.15, 0.2) is 48.5 Å². The van der Waals surface area contributed by atoms with Gasteiger partial charge in [-0.2, -0.15) is 0 Å². The molecule has 2 fully saturated rings. The van der Waals surface area contributed by atoms with Crippen LogP contribution in [0.1, 0.15) is 55.6 Å². The lowest BCUT2D eigenvalue weighted by Gasteiger charge is -2.38. The molecule has 0 radical (unpaired) electrons. The monoisotopic (exact) mass is 462 g/mol. The smallest absolute Gasteiger partial charge is 0.407 e. The lowest BCUT2D eigenvalue weighted by atomic mass is 9.68. The van der Waals surface area contributed by atoms with Crippen LogP contribution < -0.4 is 10.6 Å². The number of amides is 2. The highest BCUT2D eigenvalue weighted by Crippen LogP contribution is 2.44. The molecule has 3 aliphatic carbocycles. The molecule has 0 spiro atoms. The van der Waals surface area contributed by atoms with Crippen molar-refractivity contribution in [1.82, 2.24) is 10.6 Å². The number of carboxylic acids is 1. The van der Waals surface area contributed by atoms with E-state index in [4.69, 9.17) is 4.74 Å². The zero-order chi connectivity index (χ0) is 23.7. The number of rotatable bonds is 7. The van der Waals surface area contributed by atoms with Gasteiger partial charge in [0.2, 0.25) is 5.91 Å². The molecule has 178 valence electrons. The Bertz CT molecular complexity index is 1060. The van der Waals surface area contributed by atoms with Crippen LogP contribution in [-0.2, 0) is 14.3 Å². The minimum absolute atomic E-state index is 0.0180. The van der Waals surface area contributed by atoms with E-state index < -0.39 is 17.5 Å². The Labute approximate surface area is 198 Å². The number of carboxylic acid groups (broad SMARTS) is 1. The number of nitrogens with one attached hydrogen (secondary N) is 2. The van der Waals surface area contributed by atoms with Gasteiger partial charge in [-0.15, -0.1) is 0 Å². The maximum Gasteiger partial charge on any atom is 0.407 e. The van der Waals surface area contributed by atoms with E-state index in [0.29, 0.717) is 25.7 Å². The van der Waals surface area contributed by atoms with Gasteiger partial charge in [0.25, 0.3) is 0 Å². The van der Waals surface area contributed by atoms with Crippen molar-refractivity contribution in [3.05, 3.63) is 59.7 Å². The molecule has 7 heteroatoms. The number of hydrogen-bond donors (Lipinski definition) is 3. The maximum absolute atomic E-state index is 12.8. The molecular weight excluding hydrogens is 432 g/mol. The molecule has 3 aliphatic rings. The quantitative estimate of drug-likeness (QED) is 0.576. The fourth-order valence-corrected chi connectivity index (χ4v) is 5.70. The van der Waals surface area contributed by atoms with Crippen molar-refractivity contribution < 1.29 is 24.2 Å². The molecule has 0 heterocycles. The first-order chi connectivity index (χ1) is 16.5. The maximum atomic E-state index is 12.8. The predicted octanol–water partition coefficient (Wildman–Crippen LogP) is 4.06. The third-order valence-corrected chi connectivity index (χ3v) is 7.86. The lowest BCUT2D eigenvalue weighted by Crippen LogP contribution is -2.50. The van der Waals surface area contributed by atoms with Crippen LogP contribution in [-0.4, -0.2) is 42.3 Å². The molecule has 2 aromatic carbocycles. The van der Waals surface area contributed by atoms with E-state index in [2.05, 4.69) is 34.9 Å². The average molecular weight is 463 g/mol. The molecule has 3 N–H and O–H groups in total. The molecule has 0 unspecified atom stereocenters. The summed E-state index contributed by atoms with van der Waals surface area (Å²) in [6.45, 7) is 0.375. The van der Waals surface area contributed by atoms with Gasteiger partial charge in [-0.25, -0.2) is 4.79 Å². The number of fused-ring (bicyclic) bond motifs is 3. The van der Waals surface area contributed by atoms with Crippen molar-refractivity contribution in [2.24, 2.45) is 11.3 Å². The van der Waals surface area contributed by atoms with Gasteiger partial charge in [-0.1, -0.05) is 61.4 Å².